The van der Waals surface area contributed by atoms with Gasteiger partial charge in [-0.3, -0.25) is 14.5 Å². The number of amides is 2. The number of hydrogen-bond donors (Lipinski definition) is 2. The van der Waals surface area contributed by atoms with Crippen molar-refractivity contribution in [3.63, 3.8) is 0 Å². The number of halogens is 3. The molecule has 0 saturated heterocycles. The van der Waals surface area contributed by atoms with E-state index in [9.17, 15) is 22.8 Å². The van der Waals surface area contributed by atoms with E-state index in [1.807, 2.05) is 0 Å². The van der Waals surface area contributed by atoms with Crippen molar-refractivity contribution in [2.75, 3.05) is 38.7 Å². The third-order valence-electron chi connectivity index (χ3n) is 3.83. The quantitative estimate of drug-likeness (QED) is 0.626. The number of furan rings is 1. The highest BCUT2D eigenvalue weighted by atomic mass is 19.4. The summed E-state index contributed by atoms with van der Waals surface area (Å²) in [6.07, 6.45) is -2.97. The maximum Gasteiger partial charge on any atom is 0.401 e. The molecule has 7 nitrogen and oxygen atoms in total. The van der Waals surface area contributed by atoms with Crippen LogP contribution in [0.2, 0.25) is 0 Å². The standard InChI is InChI=1S/C19H22F3N3O4/c1-28-10-8-25(13-19(20,21)22)12-17(26)24-16-7-3-2-6-15(16)18(27)23-11-14-5-4-9-29-14/h2-7,9H,8,10-13H2,1H3,(H,23,27)(H,24,26). The van der Waals surface area contributed by atoms with Gasteiger partial charge in [-0.25, -0.2) is 0 Å². The molecule has 158 valence electrons. The molecule has 1 aromatic carbocycles. The van der Waals surface area contributed by atoms with Crippen LogP contribution in [-0.4, -0.2) is 56.2 Å². The van der Waals surface area contributed by atoms with Crippen molar-refractivity contribution >= 4 is 17.5 Å². The van der Waals surface area contributed by atoms with Crippen molar-refractivity contribution in [1.82, 2.24) is 10.2 Å². The summed E-state index contributed by atoms with van der Waals surface area (Å²) < 4.78 is 48.1. The lowest BCUT2D eigenvalue weighted by Crippen LogP contribution is -2.41. The van der Waals surface area contributed by atoms with Gasteiger partial charge in [0.25, 0.3) is 5.91 Å². The maximum absolute atomic E-state index is 12.7. The van der Waals surface area contributed by atoms with Crippen LogP contribution in [-0.2, 0) is 16.1 Å². The monoisotopic (exact) mass is 413 g/mol. The first-order valence-electron chi connectivity index (χ1n) is 8.76. The van der Waals surface area contributed by atoms with E-state index in [1.165, 1.54) is 25.5 Å². The number of methoxy groups -OCH3 is 1. The summed E-state index contributed by atoms with van der Waals surface area (Å²) in [5, 5.41) is 5.16. The van der Waals surface area contributed by atoms with Crippen LogP contribution < -0.4 is 10.6 Å². The molecular weight excluding hydrogens is 391 g/mol. The molecule has 2 aromatic rings. The molecule has 1 aromatic heterocycles. The smallest absolute Gasteiger partial charge is 0.401 e. The molecule has 0 spiro atoms. The average molecular weight is 413 g/mol. The second-order valence-electron chi connectivity index (χ2n) is 6.17. The molecule has 0 unspecified atom stereocenters. The number of hydrogen-bond acceptors (Lipinski definition) is 5. The number of rotatable bonds is 10. The van der Waals surface area contributed by atoms with Crippen molar-refractivity contribution in [2.45, 2.75) is 12.7 Å². The molecule has 0 saturated carbocycles. The zero-order valence-corrected chi connectivity index (χ0v) is 15.8. The minimum atomic E-state index is -4.45. The predicted octanol–water partition coefficient (Wildman–Crippen LogP) is 2.66. The second-order valence-corrected chi connectivity index (χ2v) is 6.17. The first-order chi connectivity index (χ1) is 13.8. The number of carbonyl (C=O) groups excluding carboxylic acids is 2. The van der Waals surface area contributed by atoms with Gasteiger partial charge in [0.05, 0.1) is 43.8 Å². The zero-order valence-electron chi connectivity index (χ0n) is 15.8. The predicted molar refractivity (Wildman–Crippen MR) is 99.3 cm³/mol. The number of ether oxygens (including phenoxy) is 1. The van der Waals surface area contributed by atoms with Crippen molar-refractivity contribution in [3.8, 4) is 0 Å². The summed E-state index contributed by atoms with van der Waals surface area (Å²) in [4.78, 5) is 25.6. The Balaban J connectivity index is 2.00. The molecule has 2 N–H and O–H groups in total. The summed E-state index contributed by atoms with van der Waals surface area (Å²) in [5.41, 5.74) is 0.389. The third kappa shape index (κ3) is 7.96. The van der Waals surface area contributed by atoms with E-state index in [-0.39, 0.29) is 30.9 Å². The van der Waals surface area contributed by atoms with Crippen molar-refractivity contribution in [1.29, 1.82) is 0 Å². The van der Waals surface area contributed by atoms with E-state index in [1.54, 1.807) is 24.3 Å². The summed E-state index contributed by atoms with van der Waals surface area (Å²) in [7, 11) is 1.36. The molecule has 0 bridgehead atoms. The Morgan fingerprint density at radius 2 is 1.93 bits per heavy atom. The van der Waals surface area contributed by atoms with Gasteiger partial charge in [0, 0.05) is 13.7 Å². The van der Waals surface area contributed by atoms with Crippen LogP contribution in [0.3, 0.4) is 0 Å². The molecule has 0 radical (unpaired) electrons. The minimum Gasteiger partial charge on any atom is -0.467 e. The van der Waals surface area contributed by atoms with E-state index in [2.05, 4.69) is 10.6 Å². The van der Waals surface area contributed by atoms with Crippen molar-refractivity contribution < 1.29 is 31.9 Å². The van der Waals surface area contributed by atoms with E-state index in [0.29, 0.717) is 5.76 Å². The molecule has 1 heterocycles. The SMILES string of the molecule is COCCN(CC(=O)Nc1ccccc1C(=O)NCc1ccco1)CC(F)(F)F. The van der Waals surface area contributed by atoms with Gasteiger partial charge in [-0.15, -0.1) is 0 Å². The van der Waals surface area contributed by atoms with Gasteiger partial charge < -0.3 is 19.8 Å². The van der Waals surface area contributed by atoms with Gasteiger partial charge >= 0.3 is 6.18 Å². The van der Waals surface area contributed by atoms with E-state index in [0.717, 1.165) is 4.90 Å². The number of para-hydroxylation sites is 1. The molecular formula is C19H22F3N3O4. The Morgan fingerprint density at radius 3 is 2.59 bits per heavy atom. The third-order valence-corrected chi connectivity index (χ3v) is 3.83. The Bertz CT molecular complexity index is 794. The van der Waals surface area contributed by atoms with Gasteiger partial charge in [-0.1, -0.05) is 12.1 Å². The fraction of sp³-hybridized carbons (Fsp3) is 0.368. The molecule has 29 heavy (non-hydrogen) atoms. The molecule has 0 aliphatic carbocycles. The lowest BCUT2D eigenvalue weighted by atomic mass is 10.1. The zero-order chi connectivity index (χ0) is 21.3. The number of anilines is 1. The molecule has 0 aliphatic rings. The highest BCUT2D eigenvalue weighted by Crippen LogP contribution is 2.18. The Hall–Kier alpha value is -2.85. The van der Waals surface area contributed by atoms with Crippen LogP contribution in [0.4, 0.5) is 18.9 Å². The van der Waals surface area contributed by atoms with Crippen LogP contribution in [0.5, 0.6) is 0 Å². The molecule has 10 heteroatoms. The molecule has 0 aliphatic heterocycles. The number of benzene rings is 1. The van der Waals surface area contributed by atoms with Crippen LogP contribution in [0.25, 0.3) is 0 Å². The number of nitrogens with zero attached hydrogens (tertiary/aromatic N) is 1. The summed E-state index contributed by atoms with van der Waals surface area (Å²) in [6.45, 7) is -1.59. The summed E-state index contributed by atoms with van der Waals surface area (Å²) in [5.74, 6) is -0.568. The van der Waals surface area contributed by atoms with Crippen LogP contribution in [0.15, 0.2) is 47.1 Å². The lowest BCUT2D eigenvalue weighted by Gasteiger charge is -2.23. The average Bonchev–Trinajstić information content (AvgIpc) is 3.17. The van der Waals surface area contributed by atoms with Crippen LogP contribution >= 0.6 is 0 Å². The highest BCUT2D eigenvalue weighted by Gasteiger charge is 2.31. The number of carbonyl (C=O) groups is 2. The van der Waals surface area contributed by atoms with Gasteiger partial charge in [-0.2, -0.15) is 13.2 Å². The first kappa shape index (κ1) is 22.4. The molecule has 0 fully saturated rings. The van der Waals surface area contributed by atoms with Gasteiger partial charge in [0.2, 0.25) is 5.91 Å². The minimum absolute atomic E-state index is 0.0507. The van der Waals surface area contributed by atoms with Gasteiger partial charge in [-0.05, 0) is 24.3 Å². The summed E-state index contributed by atoms with van der Waals surface area (Å²) in [6, 6.07) is 9.62. The fourth-order valence-electron chi connectivity index (χ4n) is 2.55. The maximum atomic E-state index is 12.7. The normalized spacial score (nSPS) is 11.5. The molecule has 2 rings (SSSR count). The Morgan fingerprint density at radius 1 is 1.17 bits per heavy atom. The lowest BCUT2D eigenvalue weighted by molar-refractivity contribution is -0.149. The number of alkyl halides is 3. The molecule has 2 amide bonds. The fourth-order valence-corrected chi connectivity index (χ4v) is 2.55. The second kappa shape index (κ2) is 10.6. The van der Waals surface area contributed by atoms with E-state index < -0.39 is 31.1 Å². The van der Waals surface area contributed by atoms with Crippen molar-refractivity contribution in [2.24, 2.45) is 0 Å². The topological polar surface area (TPSA) is 83.8 Å². The van der Waals surface area contributed by atoms with E-state index >= 15 is 0 Å². The van der Waals surface area contributed by atoms with Gasteiger partial charge in [0.1, 0.15) is 5.76 Å². The molecule has 0 atom stereocenters. The van der Waals surface area contributed by atoms with Crippen LogP contribution in [0, 0.1) is 0 Å². The Labute approximate surface area is 165 Å². The van der Waals surface area contributed by atoms with E-state index in [4.69, 9.17) is 9.15 Å². The van der Waals surface area contributed by atoms with Crippen molar-refractivity contribution in [3.05, 3.63) is 54.0 Å². The first-order valence-corrected chi connectivity index (χ1v) is 8.76. The number of nitrogens with one attached hydrogen (secondary N) is 2. The highest BCUT2D eigenvalue weighted by molar-refractivity contribution is 6.04. The van der Waals surface area contributed by atoms with Gasteiger partial charge in [0.15, 0.2) is 0 Å². The largest absolute Gasteiger partial charge is 0.467 e. The summed E-state index contributed by atoms with van der Waals surface area (Å²) >= 11 is 0. The van der Waals surface area contributed by atoms with Crippen LogP contribution in [0.1, 0.15) is 16.1 Å². The Kier molecular flexibility index (Phi) is 8.22.